The maximum atomic E-state index is 5.09. The van der Waals surface area contributed by atoms with Crippen molar-refractivity contribution in [1.82, 2.24) is 29.5 Å². The van der Waals surface area contributed by atoms with Gasteiger partial charge in [-0.3, -0.25) is 9.55 Å². The van der Waals surface area contributed by atoms with E-state index in [1.807, 2.05) is 103 Å². The molecule has 0 aliphatic heterocycles. The number of pyridine rings is 1. The summed E-state index contributed by atoms with van der Waals surface area (Å²) in [5.74, 6) is 2.75. The molecule has 3 heterocycles. The van der Waals surface area contributed by atoms with Gasteiger partial charge in [-0.15, -0.1) is 0 Å². The van der Waals surface area contributed by atoms with E-state index in [1.54, 1.807) is 0 Å². The normalized spacial score (nSPS) is 11.2. The Morgan fingerprint density at radius 3 is 1.33 bits per heavy atom. The van der Waals surface area contributed by atoms with E-state index in [-0.39, 0.29) is 0 Å². The van der Waals surface area contributed by atoms with Crippen LogP contribution in [0.1, 0.15) is 0 Å². The largest absolute Gasteiger partial charge is 0.291 e. The number of aromatic nitrogens is 6. The molecule has 10 aromatic rings. The first-order valence-corrected chi connectivity index (χ1v) is 18.9. The van der Waals surface area contributed by atoms with Crippen LogP contribution in [0.15, 0.2) is 206 Å². The first kappa shape index (κ1) is 33.7. The van der Waals surface area contributed by atoms with Crippen LogP contribution < -0.4 is 0 Å². The maximum absolute atomic E-state index is 5.09. The van der Waals surface area contributed by atoms with Crippen LogP contribution in [-0.2, 0) is 0 Å². The first-order valence-electron chi connectivity index (χ1n) is 18.9. The predicted octanol–water partition coefficient (Wildman–Crippen LogP) is 12.3. The average Bonchev–Trinajstić information content (AvgIpc) is 3.69. The van der Waals surface area contributed by atoms with Gasteiger partial charge in [-0.05, 0) is 75.8 Å². The topological polar surface area (TPSA) is 69.4 Å². The SMILES string of the molecule is c1ccc(-c2nc(-c3ccccc3)nc(-c3cccc(-c4ccc(-c5ccc(-c6ccc7c(c6)nc(-c6ccccn6)n7-c6ccccc6)cc5)cc4)c3)n2)cc1. The molecule has 0 fully saturated rings. The fraction of sp³-hybridized carbons (Fsp3) is 0. The van der Waals surface area contributed by atoms with E-state index in [9.17, 15) is 0 Å². The lowest BCUT2D eigenvalue weighted by molar-refractivity contribution is 1.07. The number of nitrogens with zero attached hydrogens (tertiary/aromatic N) is 6. The van der Waals surface area contributed by atoms with Crippen LogP contribution in [0.4, 0.5) is 0 Å². The van der Waals surface area contributed by atoms with Gasteiger partial charge in [-0.2, -0.15) is 0 Å². The maximum Gasteiger partial charge on any atom is 0.164 e. The van der Waals surface area contributed by atoms with Gasteiger partial charge in [0.05, 0.1) is 11.0 Å². The Kier molecular flexibility index (Phi) is 8.74. The molecule has 0 bridgehead atoms. The van der Waals surface area contributed by atoms with Crippen LogP contribution in [0.5, 0.6) is 0 Å². The number of benzene rings is 7. The van der Waals surface area contributed by atoms with E-state index in [2.05, 4.69) is 113 Å². The predicted molar refractivity (Wildman–Crippen MR) is 230 cm³/mol. The number of fused-ring (bicyclic) bond motifs is 1. The van der Waals surface area contributed by atoms with Crippen molar-refractivity contribution in [1.29, 1.82) is 0 Å². The summed E-state index contributed by atoms with van der Waals surface area (Å²) in [5.41, 5.74) is 13.4. The molecule has 3 aromatic heterocycles. The molecule has 0 N–H and O–H groups in total. The van der Waals surface area contributed by atoms with Crippen LogP contribution in [0.25, 0.3) is 95.8 Å². The molecule has 0 atom stereocenters. The van der Waals surface area contributed by atoms with Crippen molar-refractivity contribution in [3.63, 3.8) is 0 Å². The molecule has 0 aliphatic carbocycles. The van der Waals surface area contributed by atoms with Crippen LogP contribution in [0.2, 0.25) is 0 Å². The Balaban J connectivity index is 0.924. The molecule has 0 radical (unpaired) electrons. The number of para-hydroxylation sites is 1. The lowest BCUT2D eigenvalue weighted by Crippen LogP contribution is -2.00. The molecule has 6 heteroatoms. The van der Waals surface area contributed by atoms with Gasteiger partial charge in [0, 0.05) is 28.6 Å². The van der Waals surface area contributed by atoms with E-state index < -0.39 is 0 Å². The third-order valence-electron chi connectivity index (χ3n) is 10.2. The third-order valence-corrected chi connectivity index (χ3v) is 10.2. The summed E-state index contributed by atoms with van der Waals surface area (Å²) < 4.78 is 2.18. The lowest BCUT2D eigenvalue weighted by atomic mass is 9.97. The van der Waals surface area contributed by atoms with Gasteiger partial charge >= 0.3 is 0 Å². The second-order valence-electron chi connectivity index (χ2n) is 13.8. The second kappa shape index (κ2) is 14.8. The van der Waals surface area contributed by atoms with Crippen LogP contribution >= 0.6 is 0 Å². The van der Waals surface area contributed by atoms with Gasteiger partial charge in [0.15, 0.2) is 23.3 Å². The van der Waals surface area contributed by atoms with Gasteiger partial charge in [0.2, 0.25) is 0 Å². The molecule has 268 valence electrons. The number of hydrogen-bond donors (Lipinski definition) is 0. The van der Waals surface area contributed by atoms with Crippen molar-refractivity contribution in [2.75, 3.05) is 0 Å². The zero-order chi connectivity index (χ0) is 38.0. The smallest absolute Gasteiger partial charge is 0.164 e. The molecule has 57 heavy (non-hydrogen) atoms. The molecule has 0 spiro atoms. The highest BCUT2D eigenvalue weighted by Gasteiger charge is 2.17. The van der Waals surface area contributed by atoms with Gasteiger partial charge in [0.25, 0.3) is 0 Å². The molecule has 7 aromatic carbocycles. The minimum atomic E-state index is 0.638. The van der Waals surface area contributed by atoms with Gasteiger partial charge in [0.1, 0.15) is 5.69 Å². The summed E-state index contributed by atoms with van der Waals surface area (Å²) >= 11 is 0. The second-order valence-corrected chi connectivity index (χ2v) is 13.8. The summed E-state index contributed by atoms with van der Waals surface area (Å²) in [7, 11) is 0. The highest BCUT2D eigenvalue weighted by molar-refractivity contribution is 5.87. The van der Waals surface area contributed by atoms with Crippen molar-refractivity contribution < 1.29 is 0 Å². The number of imidazole rings is 1. The third kappa shape index (κ3) is 6.77. The summed E-state index contributed by atoms with van der Waals surface area (Å²) in [6, 6.07) is 68.7. The fourth-order valence-electron chi connectivity index (χ4n) is 7.25. The summed E-state index contributed by atoms with van der Waals surface area (Å²) in [6.45, 7) is 0. The Hall–Kier alpha value is -7.83. The molecule has 0 saturated heterocycles. The Morgan fingerprint density at radius 1 is 0.316 bits per heavy atom. The van der Waals surface area contributed by atoms with Gasteiger partial charge in [-0.25, -0.2) is 19.9 Å². The van der Waals surface area contributed by atoms with E-state index in [0.717, 1.165) is 78.3 Å². The monoisotopic (exact) mass is 730 g/mol. The zero-order valence-corrected chi connectivity index (χ0v) is 30.8. The summed E-state index contributed by atoms with van der Waals surface area (Å²) in [5, 5.41) is 0. The van der Waals surface area contributed by atoms with Gasteiger partial charge in [-0.1, -0.05) is 158 Å². The Bertz CT molecular complexity index is 2910. The lowest BCUT2D eigenvalue weighted by Gasteiger charge is -2.10. The minimum Gasteiger partial charge on any atom is -0.291 e. The van der Waals surface area contributed by atoms with Crippen LogP contribution in [-0.4, -0.2) is 29.5 Å². The highest BCUT2D eigenvalue weighted by Crippen LogP contribution is 2.33. The fourth-order valence-corrected chi connectivity index (χ4v) is 7.25. The summed E-state index contributed by atoms with van der Waals surface area (Å²) in [4.78, 5) is 24.4. The minimum absolute atomic E-state index is 0.638. The molecular formula is C51H34N6. The molecule has 6 nitrogen and oxygen atoms in total. The number of hydrogen-bond acceptors (Lipinski definition) is 5. The molecule has 0 unspecified atom stereocenters. The quantitative estimate of drug-likeness (QED) is 0.156. The van der Waals surface area contributed by atoms with Gasteiger partial charge < -0.3 is 0 Å². The Morgan fingerprint density at radius 2 is 0.772 bits per heavy atom. The highest BCUT2D eigenvalue weighted by atomic mass is 15.1. The first-order chi connectivity index (χ1) is 28.2. The molecule has 0 saturated carbocycles. The van der Waals surface area contributed by atoms with Crippen molar-refractivity contribution in [2.45, 2.75) is 0 Å². The van der Waals surface area contributed by atoms with E-state index in [1.165, 1.54) is 0 Å². The van der Waals surface area contributed by atoms with Crippen molar-refractivity contribution >= 4 is 11.0 Å². The standard InChI is InChI=1S/C51H34N6/c1-4-13-39(14-5-1)48-54-49(40-15-6-2-7-16-40)56-50(55-48)43-18-12-17-41(33-43)37-26-22-35(23-27-37)36-24-28-38(29-25-36)42-30-31-47-46(34-42)53-51(45-21-10-11-32-52-45)57(47)44-19-8-3-9-20-44/h1-34H. The number of rotatable bonds is 8. The van der Waals surface area contributed by atoms with Crippen molar-refractivity contribution in [3.8, 4) is 84.7 Å². The molecule has 10 rings (SSSR count). The molecule has 0 amide bonds. The van der Waals surface area contributed by atoms with Crippen molar-refractivity contribution in [3.05, 3.63) is 206 Å². The average molecular weight is 731 g/mol. The van der Waals surface area contributed by atoms with E-state index >= 15 is 0 Å². The van der Waals surface area contributed by atoms with E-state index in [4.69, 9.17) is 19.9 Å². The van der Waals surface area contributed by atoms with Crippen LogP contribution in [0.3, 0.4) is 0 Å². The molecule has 0 aliphatic rings. The zero-order valence-electron chi connectivity index (χ0n) is 30.8. The van der Waals surface area contributed by atoms with Crippen LogP contribution in [0, 0.1) is 0 Å². The van der Waals surface area contributed by atoms with E-state index in [0.29, 0.717) is 17.5 Å². The molecular weight excluding hydrogens is 697 g/mol. The van der Waals surface area contributed by atoms with Crippen molar-refractivity contribution in [2.24, 2.45) is 0 Å². The summed E-state index contributed by atoms with van der Waals surface area (Å²) in [6.07, 6.45) is 1.81. The Labute approximate surface area is 330 Å².